The lowest BCUT2D eigenvalue weighted by atomic mass is 9.92. The highest BCUT2D eigenvalue weighted by molar-refractivity contribution is 5.40. The van der Waals surface area contributed by atoms with Crippen molar-refractivity contribution in [3.05, 3.63) is 107 Å². The van der Waals surface area contributed by atoms with Gasteiger partial charge in [-0.25, -0.2) is 0 Å². The van der Waals surface area contributed by atoms with Crippen molar-refractivity contribution < 1.29 is 0 Å². The van der Waals surface area contributed by atoms with E-state index in [4.69, 9.17) is 0 Å². The number of hydrogen-bond donors (Lipinski definition) is 0. The van der Waals surface area contributed by atoms with E-state index in [2.05, 4.69) is 89.8 Å². The molecule has 1 saturated heterocycles. The summed E-state index contributed by atoms with van der Waals surface area (Å²) in [5.41, 5.74) is 5.89. The Morgan fingerprint density at radius 1 is 0.583 bits per heavy atom. The molecule has 1 unspecified atom stereocenters. The Labute approximate surface area is 143 Å². The molecule has 5 rings (SSSR count). The summed E-state index contributed by atoms with van der Waals surface area (Å²) in [6, 6.07) is 32.7. The van der Waals surface area contributed by atoms with Crippen LogP contribution in [0.15, 0.2) is 84.9 Å². The third-order valence-corrected chi connectivity index (χ3v) is 5.63. The van der Waals surface area contributed by atoms with Crippen LogP contribution in [0, 0.1) is 0 Å². The Morgan fingerprint density at radius 3 is 1.46 bits per heavy atom. The third-order valence-electron chi connectivity index (χ3n) is 5.63. The number of nitrogens with zero attached hydrogens (tertiary/aromatic N) is 1. The second-order valence-corrected chi connectivity index (χ2v) is 6.98. The largest absolute Gasteiger partial charge is 0.283 e. The zero-order valence-electron chi connectivity index (χ0n) is 13.7. The van der Waals surface area contributed by atoms with Gasteiger partial charge in [-0.2, -0.15) is 0 Å². The molecule has 1 nitrogen and oxygen atoms in total. The number of rotatable bonds is 3. The van der Waals surface area contributed by atoms with Crippen LogP contribution in [-0.2, 0) is 12.8 Å². The van der Waals surface area contributed by atoms with E-state index in [1.165, 1.54) is 24.0 Å². The Morgan fingerprint density at radius 2 is 1.00 bits per heavy atom. The van der Waals surface area contributed by atoms with Gasteiger partial charge in [0.25, 0.3) is 0 Å². The molecule has 2 aliphatic rings. The fourth-order valence-electron chi connectivity index (χ4n) is 4.44. The van der Waals surface area contributed by atoms with Crippen LogP contribution in [0.5, 0.6) is 0 Å². The lowest BCUT2D eigenvalue weighted by Gasteiger charge is -2.21. The fraction of sp³-hybridized carbons (Fsp3) is 0.217. The Balaban J connectivity index is 1.52. The molecule has 1 aliphatic carbocycles. The van der Waals surface area contributed by atoms with Crippen molar-refractivity contribution in [3.8, 4) is 0 Å². The molecule has 0 aromatic heterocycles. The van der Waals surface area contributed by atoms with Crippen LogP contribution in [0.3, 0.4) is 0 Å². The lowest BCUT2D eigenvalue weighted by Crippen LogP contribution is -2.15. The van der Waals surface area contributed by atoms with E-state index in [0.29, 0.717) is 18.1 Å². The first kappa shape index (κ1) is 14.0. The van der Waals surface area contributed by atoms with E-state index < -0.39 is 0 Å². The number of benzene rings is 3. The summed E-state index contributed by atoms with van der Waals surface area (Å²) in [5.74, 6) is 0. The minimum absolute atomic E-state index is 0.372. The fourth-order valence-corrected chi connectivity index (χ4v) is 4.44. The van der Waals surface area contributed by atoms with Crippen LogP contribution < -0.4 is 0 Å². The maximum absolute atomic E-state index is 2.73. The zero-order chi connectivity index (χ0) is 15.9. The third kappa shape index (κ3) is 2.28. The van der Waals surface area contributed by atoms with Crippen LogP contribution >= 0.6 is 0 Å². The van der Waals surface area contributed by atoms with Crippen molar-refractivity contribution in [1.82, 2.24) is 4.90 Å². The van der Waals surface area contributed by atoms with Crippen LogP contribution in [0.25, 0.3) is 0 Å². The van der Waals surface area contributed by atoms with Gasteiger partial charge in [-0.1, -0.05) is 84.9 Å². The monoisotopic (exact) mass is 311 g/mol. The second-order valence-electron chi connectivity index (χ2n) is 6.98. The Bertz CT molecular complexity index is 770. The van der Waals surface area contributed by atoms with E-state index in [1.54, 1.807) is 11.1 Å². The summed E-state index contributed by atoms with van der Waals surface area (Å²) in [4.78, 5) is 2.73. The van der Waals surface area contributed by atoms with Gasteiger partial charge < -0.3 is 0 Å². The summed E-state index contributed by atoms with van der Waals surface area (Å²) in [6.07, 6.45) is 2.38. The average molecular weight is 311 g/mol. The van der Waals surface area contributed by atoms with Crippen molar-refractivity contribution in [3.63, 3.8) is 0 Å². The molecule has 3 aromatic rings. The van der Waals surface area contributed by atoms with Crippen LogP contribution in [0.4, 0.5) is 0 Å². The minimum Gasteiger partial charge on any atom is -0.283 e. The van der Waals surface area contributed by atoms with Gasteiger partial charge in [0.15, 0.2) is 0 Å². The smallest absolute Gasteiger partial charge is 0.0608 e. The first-order chi connectivity index (χ1) is 11.9. The summed E-state index contributed by atoms with van der Waals surface area (Å²) in [7, 11) is 0. The van der Waals surface area contributed by atoms with Crippen molar-refractivity contribution >= 4 is 0 Å². The molecule has 118 valence electrons. The summed E-state index contributed by atoms with van der Waals surface area (Å²) in [6.45, 7) is 0. The topological polar surface area (TPSA) is 3.01 Å². The predicted molar refractivity (Wildman–Crippen MR) is 98.0 cm³/mol. The zero-order valence-corrected chi connectivity index (χ0v) is 13.7. The molecule has 0 bridgehead atoms. The minimum atomic E-state index is 0.372. The average Bonchev–Trinajstić information content (AvgIpc) is 3.34. The highest BCUT2D eigenvalue weighted by Gasteiger charge is 2.53. The van der Waals surface area contributed by atoms with E-state index in [1.807, 2.05) is 0 Å². The van der Waals surface area contributed by atoms with Gasteiger partial charge in [-0.05, 0) is 35.1 Å². The van der Waals surface area contributed by atoms with E-state index in [9.17, 15) is 0 Å². The van der Waals surface area contributed by atoms with Crippen molar-refractivity contribution in [2.75, 3.05) is 0 Å². The molecule has 0 N–H and O–H groups in total. The molecule has 1 heteroatoms. The van der Waals surface area contributed by atoms with Crippen LogP contribution in [0.2, 0.25) is 0 Å². The standard InChI is InChI=1S/C23H21N/c1-3-9-17(10-4-1)23(18-11-5-2-6-12-18)24-21-15-19-13-7-8-14-20(19)16-22(21)24/h1-14,21-23H,15-16H2/t21-,22+,24?. The Kier molecular flexibility index (Phi) is 3.27. The molecule has 24 heavy (non-hydrogen) atoms. The van der Waals surface area contributed by atoms with E-state index in [-0.39, 0.29) is 0 Å². The lowest BCUT2D eigenvalue weighted by molar-refractivity contribution is 0.408. The second kappa shape index (κ2) is 5.61. The molecule has 0 saturated carbocycles. The van der Waals surface area contributed by atoms with E-state index in [0.717, 1.165) is 0 Å². The highest BCUT2D eigenvalue weighted by Crippen LogP contribution is 2.47. The van der Waals surface area contributed by atoms with E-state index >= 15 is 0 Å². The van der Waals surface area contributed by atoms with Gasteiger partial charge >= 0.3 is 0 Å². The number of hydrogen-bond acceptors (Lipinski definition) is 1. The van der Waals surface area contributed by atoms with Crippen molar-refractivity contribution in [2.24, 2.45) is 0 Å². The Hall–Kier alpha value is -2.38. The molecule has 0 radical (unpaired) electrons. The normalized spacial score (nSPS) is 24.3. The molecule has 1 aliphatic heterocycles. The highest BCUT2D eigenvalue weighted by atomic mass is 15.4. The maximum atomic E-state index is 2.73. The first-order valence-electron chi connectivity index (χ1n) is 8.86. The molecule has 0 amide bonds. The number of fused-ring (bicyclic) bond motifs is 2. The molecule has 3 aromatic carbocycles. The van der Waals surface area contributed by atoms with Crippen molar-refractivity contribution in [1.29, 1.82) is 0 Å². The summed E-state index contributed by atoms with van der Waals surface area (Å²) in [5, 5.41) is 0. The molecule has 1 heterocycles. The van der Waals surface area contributed by atoms with Gasteiger partial charge in [0.05, 0.1) is 6.04 Å². The molecule has 0 spiro atoms. The molecule has 1 fully saturated rings. The van der Waals surface area contributed by atoms with Crippen molar-refractivity contribution in [2.45, 2.75) is 31.0 Å². The molecular weight excluding hydrogens is 290 g/mol. The SMILES string of the molecule is c1ccc(C(c2ccccc2)N2[C@@H]3Cc4ccccc4C[C@@H]32)cc1. The summed E-state index contributed by atoms with van der Waals surface area (Å²) < 4.78 is 0. The van der Waals surface area contributed by atoms with Gasteiger partial charge in [0, 0.05) is 12.1 Å². The molecule has 3 atom stereocenters. The first-order valence-corrected chi connectivity index (χ1v) is 8.86. The quantitative estimate of drug-likeness (QED) is 0.637. The van der Waals surface area contributed by atoms with Gasteiger partial charge in [-0.3, -0.25) is 4.90 Å². The summed E-state index contributed by atoms with van der Waals surface area (Å²) >= 11 is 0. The van der Waals surface area contributed by atoms with Gasteiger partial charge in [-0.15, -0.1) is 0 Å². The van der Waals surface area contributed by atoms with Crippen LogP contribution in [0.1, 0.15) is 28.3 Å². The molecular formula is C23H21N. The van der Waals surface area contributed by atoms with Gasteiger partial charge in [0.2, 0.25) is 0 Å². The van der Waals surface area contributed by atoms with Gasteiger partial charge in [0.1, 0.15) is 0 Å². The maximum Gasteiger partial charge on any atom is 0.0608 e. The van der Waals surface area contributed by atoms with Crippen LogP contribution in [-0.4, -0.2) is 17.0 Å². The predicted octanol–water partition coefficient (Wildman–Crippen LogP) is 4.63.